The lowest BCUT2D eigenvalue weighted by molar-refractivity contribution is 0.287. The molecule has 2 rings (SSSR count). The van der Waals surface area contributed by atoms with Crippen molar-refractivity contribution in [3.63, 3.8) is 0 Å². The molecule has 0 radical (unpaired) electrons. The van der Waals surface area contributed by atoms with Crippen molar-refractivity contribution in [2.24, 2.45) is 11.7 Å². The molecule has 1 saturated carbocycles. The van der Waals surface area contributed by atoms with Crippen LogP contribution in [0.2, 0.25) is 5.02 Å². The summed E-state index contributed by atoms with van der Waals surface area (Å²) in [6.07, 6.45) is 2.55. The van der Waals surface area contributed by atoms with Crippen LogP contribution in [0.25, 0.3) is 0 Å². The van der Waals surface area contributed by atoms with E-state index in [4.69, 9.17) is 22.1 Å². The number of ether oxygens (including phenoxy) is 1. The van der Waals surface area contributed by atoms with Crippen LogP contribution in [0.5, 0.6) is 5.88 Å². The highest BCUT2D eigenvalue weighted by Gasteiger charge is 2.22. The highest BCUT2D eigenvalue weighted by atomic mass is 35.5. The van der Waals surface area contributed by atoms with Crippen molar-refractivity contribution in [3.05, 3.63) is 22.8 Å². The lowest BCUT2D eigenvalue weighted by Crippen LogP contribution is -2.05. The number of nitrogens with zero attached hydrogens (tertiary/aromatic N) is 1. The number of nitrogens with two attached hydrogens (primary N) is 1. The summed E-state index contributed by atoms with van der Waals surface area (Å²) in [5.41, 5.74) is 6.18. The molecule has 3 nitrogen and oxygen atoms in total. The molecule has 4 heteroatoms. The van der Waals surface area contributed by atoms with Gasteiger partial charge >= 0.3 is 0 Å². The molecular formula is C10H13ClN2O. The van der Waals surface area contributed by atoms with E-state index in [1.165, 1.54) is 12.8 Å². The topological polar surface area (TPSA) is 48.1 Å². The quantitative estimate of drug-likeness (QED) is 0.831. The van der Waals surface area contributed by atoms with Crippen molar-refractivity contribution in [1.29, 1.82) is 0 Å². The normalized spacial score (nSPS) is 15.6. The van der Waals surface area contributed by atoms with E-state index in [0.717, 1.165) is 12.5 Å². The van der Waals surface area contributed by atoms with E-state index in [-0.39, 0.29) is 0 Å². The molecular weight excluding hydrogens is 200 g/mol. The number of hydrogen-bond donors (Lipinski definition) is 1. The van der Waals surface area contributed by atoms with Gasteiger partial charge in [0, 0.05) is 12.6 Å². The van der Waals surface area contributed by atoms with Crippen LogP contribution in [0.15, 0.2) is 12.1 Å². The largest absolute Gasteiger partial charge is 0.477 e. The number of pyridine rings is 1. The molecule has 1 aliphatic rings. The molecule has 1 aromatic heterocycles. The molecule has 0 unspecified atom stereocenters. The van der Waals surface area contributed by atoms with E-state index in [0.29, 0.717) is 23.1 Å². The molecule has 1 fully saturated rings. The monoisotopic (exact) mass is 212 g/mol. The Bertz CT molecular complexity index is 326. The Balaban J connectivity index is 2.01. The lowest BCUT2D eigenvalue weighted by Gasteiger charge is -2.06. The van der Waals surface area contributed by atoms with Crippen LogP contribution in [-0.4, -0.2) is 11.6 Å². The van der Waals surface area contributed by atoms with Crippen LogP contribution >= 0.6 is 11.6 Å². The summed E-state index contributed by atoms with van der Waals surface area (Å²) in [5.74, 6) is 1.36. The molecule has 1 heterocycles. The van der Waals surface area contributed by atoms with Crippen LogP contribution in [0.4, 0.5) is 0 Å². The van der Waals surface area contributed by atoms with Crippen molar-refractivity contribution in [3.8, 4) is 5.88 Å². The minimum absolute atomic E-state index is 0.347. The third-order valence-corrected chi connectivity index (χ3v) is 2.59. The maximum absolute atomic E-state index is 5.87. The second-order valence-corrected chi connectivity index (χ2v) is 3.94. The van der Waals surface area contributed by atoms with E-state index in [1.807, 2.05) is 0 Å². The Morgan fingerprint density at radius 1 is 1.50 bits per heavy atom. The van der Waals surface area contributed by atoms with Crippen LogP contribution in [0.1, 0.15) is 18.5 Å². The van der Waals surface area contributed by atoms with Gasteiger partial charge in [-0.3, -0.25) is 0 Å². The lowest BCUT2D eigenvalue weighted by atomic mass is 10.3. The first-order valence-electron chi connectivity index (χ1n) is 4.78. The van der Waals surface area contributed by atoms with Gasteiger partial charge in [-0.15, -0.1) is 0 Å². The first kappa shape index (κ1) is 9.74. The number of rotatable bonds is 4. The van der Waals surface area contributed by atoms with Crippen LogP contribution < -0.4 is 10.5 Å². The zero-order valence-electron chi connectivity index (χ0n) is 7.87. The fourth-order valence-electron chi connectivity index (χ4n) is 1.18. The van der Waals surface area contributed by atoms with Gasteiger partial charge in [-0.2, -0.15) is 0 Å². The maximum Gasteiger partial charge on any atom is 0.213 e. The molecule has 1 aromatic rings. The van der Waals surface area contributed by atoms with E-state index in [1.54, 1.807) is 12.1 Å². The first-order valence-corrected chi connectivity index (χ1v) is 5.15. The Morgan fingerprint density at radius 2 is 2.29 bits per heavy atom. The van der Waals surface area contributed by atoms with Crippen molar-refractivity contribution in [2.45, 2.75) is 19.4 Å². The van der Waals surface area contributed by atoms with Gasteiger partial charge in [-0.25, -0.2) is 4.98 Å². The van der Waals surface area contributed by atoms with Crippen molar-refractivity contribution >= 4 is 11.6 Å². The highest BCUT2D eigenvalue weighted by Crippen LogP contribution is 2.29. The molecule has 0 atom stereocenters. The van der Waals surface area contributed by atoms with Gasteiger partial charge in [0.2, 0.25) is 5.88 Å². The predicted molar refractivity (Wildman–Crippen MR) is 55.4 cm³/mol. The maximum atomic E-state index is 5.87. The molecule has 0 spiro atoms. The summed E-state index contributed by atoms with van der Waals surface area (Å²) >= 11 is 5.87. The van der Waals surface area contributed by atoms with Crippen molar-refractivity contribution < 1.29 is 4.74 Å². The van der Waals surface area contributed by atoms with Crippen molar-refractivity contribution in [1.82, 2.24) is 4.98 Å². The van der Waals surface area contributed by atoms with Gasteiger partial charge in [0.25, 0.3) is 0 Å². The van der Waals surface area contributed by atoms with Crippen LogP contribution in [-0.2, 0) is 6.54 Å². The Labute approximate surface area is 88.2 Å². The minimum Gasteiger partial charge on any atom is -0.477 e. The standard InChI is InChI=1S/C10H13ClN2O/c11-8-3-4-10(13-9(8)5-12)14-6-7-1-2-7/h3-4,7H,1-2,5-6,12H2. The fraction of sp³-hybridized carbons (Fsp3) is 0.500. The molecule has 14 heavy (non-hydrogen) atoms. The number of halogens is 1. The molecule has 1 aliphatic carbocycles. The van der Waals surface area contributed by atoms with Crippen LogP contribution in [0.3, 0.4) is 0 Å². The Kier molecular flexibility index (Phi) is 2.89. The molecule has 0 aromatic carbocycles. The van der Waals surface area contributed by atoms with Gasteiger partial charge in [0.15, 0.2) is 0 Å². The van der Waals surface area contributed by atoms with Gasteiger partial charge in [-0.1, -0.05) is 11.6 Å². The zero-order chi connectivity index (χ0) is 9.97. The van der Waals surface area contributed by atoms with Gasteiger partial charge in [-0.05, 0) is 24.8 Å². The van der Waals surface area contributed by atoms with E-state index in [2.05, 4.69) is 4.98 Å². The van der Waals surface area contributed by atoms with E-state index >= 15 is 0 Å². The molecule has 0 saturated heterocycles. The second-order valence-electron chi connectivity index (χ2n) is 3.54. The smallest absolute Gasteiger partial charge is 0.213 e. The predicted octanol–water partition coefficient (Wildman–Crippen LogP) is 1.98. The van der Waals surface area contributed by atoms with Crippen LogP contribution in [0, 0.1) is 5.92 Å². The summed E-state index contributed by atoms with van der Waals surface area (Å²) < 4.78 is 5.50. The average molecular weight is 213 g/mol. The third-order valence-electron chi connectivity index (χ3n) is 2.25. The zero-order valence-corrected chi connectivity index (χ0v) is 8.63. The highest BCUT2D eigenvalue weighted by molar-refractivity contribution is 6.31. The third kappa shape index (κ3) is 2.36. The summed E-state index contributed by atoms with van der Waals surface area (Å²) in [6, 6.07) is 3.56. The average Bonchev–Trinajstić information content (AvgIpc) is 3.00. The number of aromatic nitrogens is 1. The SMILES string of the molecule is NCc1nc(OCC2CC2)ccc1Cl. The molecule has 0 aliphatic heterocycles. The molecule has 0 amide bonds. The fourth-order valence-corrected chi connectivity index (χ4v) is 1.36. The summed E-state index contributed by atoms with van der Waals surface area (Å²) in [7, 11) is 0. The second kappa shape index (κ2) is 4.15. The summed E-state index contributed by atoms with van der Waals surface area (Å²) in [6.45, 7) is 1.11. The van der Waals surface area contributed by atoms with Gasteiger partial charge in [0.05, 0.1) is 17.3 Å². The van der Waals surface area contributed by atoms with Gasteiger partial charge in [0.1, 0.15) is 0 Å². The summed E-state index contributed by atoms with van der Waals surface area (Å²) in [4.78, 5) is 4.21. The van der Waals surface area contributed by atoms with Gasteiger partial charge < -0.3 is 10.5 Å². The van der Waals surface area contributed by atoms with E-state index < -0.39 is 0 Å². The number of hydrogen-bond acceptors (Lipinski definition) is 3. The van der Waals surface area contributed by atoms with Crippen molar-refractivity contribution in [2.75, 3.05) is 6.61 Å². The van der Waals surface area contributed by atoms with E-state index in [9.17, 15) is 0 Å². The first-order chi connectivity index (χ1) is 6.79. The molecule has 76 valence electrons. The summed E-state index contributed by atoms with van der Waals surface area (Å²) in [5, 5.41) is 0.603. The Morgan fingerprint density at radius 3 is 2.93 bits per heavy atom. The molecule has 2 N–H and O–H groups in total. The minimum atomic E-state index is 0.347. The Hall–Kier alpha value is -0.800. The molecule has 0 bridgehead atoms.